The highest BCUT2D eigenvalue weighted by Gasteiger charge is 2.54. The molecule has 0 atom stereocenters. The molecule has 2 heteroatoms. The largest absolute Gasteiger partial charge is 0.263 e. The van der Waals surface area contributed by atoms with Gasteiger partial charge in [0.15, 0.2) is 5.69 Å². The lowest BCUT2D eigenvalue weighted by molar-refractivity contribution is -0.582. The van der Waals surface area contributed by atoms with Crippen LogP contribution in [0.15, 0.2) is 30.3 Å². The van der Waals surface area contributed by atoms with Crippen LogP contribution in [0.1, 0.15) is 87.0 Å². The molecule has 0 radical (unpaired) electrons. The SMILES string of the molecule is Cc1ccccc1-n1c(C)c2[n+](c1C)C=CC2(C1CCCCC1)C1CCCCC1. The molecule has 0 bridgehead atoms. The molecule has 2 aliphatic carbocycles. The monoisotopic (exact) mass is 389 g/mol. The number of hydrogen-bond donors (Lipinski definition) is 0. The Bertz CT molecular complexity index is 902. The van der Waals surface area contributed by atoms with E-state index in [0.717, 1.165) is 11.8 Å². The number of nitrogens with zero attached hydrogens (tertiary/aromatic N) is 2. The van der Waals surface area contributed by atoms with Crippen molar-refractivity contribution in [2.24, 2.45) is 11.8 Å². The van der Waals surface area contributed by atoms with Gasteiger partial charge in [-0.05, 0) is 62.1 Å². The average Bonchev–Trinajstić information content (AvgIpc) is 3.28. The van der Waals surface area contributed by atoms with E-state index in [1.165, 1.54) is 87.0 Å². The molecule has 1 aromatic carbocycles. The number of hydrogen-bond acceptors (Lipinski definition) is 0. The van der Waals surface area contributed by atoms with E-state index >= 15 is 0 Å². The molecule has 2 aromatic rings. The summed E-state index contributed by atoms with van der Waals surface area (Å²) in [6.45, 7) is 6.94. The maximum absolute atomic E-state index is 2.66. The highest BCUT2D eigenvalue weighted by atomic mass is 15.2. The fourth-order valence-electron chi connectivity index (χ4n) is 7.10. The van der Waals surface area contributed by atoms with Crippen LogP contribution in [0.5, 0.6) is 0 Å². The molecule has 0 amide bonds. The topological polar surface area (TPSA) is 8.81 Å². The van der Waals surface area contributed by atoms with E-state index < -0.39 is 0 Å². The molecule has 0 N–H and O–H groups in total. The second kappa shape index (κ2) is 7.45. The first-order valence-corrected chi connectivity index (χ1v) is 12.0. The summed E-state index contributed by atoms with van der Waals surface area (Å²) in [4.78, 5) is 0. The zero-order chi connectivity index (χ0) is 20.0. The van der Waals surface area contributed by atoms with Gasteiger partial charge in [0.05, 0.1) is 11.6 Å². The maximum Gasteiger partial charge on any atom is 0.263 e. The Balaban J connectivity index is 1.70. The van der Waals surface area contributed by atoms with Crippen LogP contribution < -0.4 is 4.57 Å². The first-order valence-electron chi connectivity index (χ1n) is 12.0. The Labute approximate surface area is 176 Å². The van der Waals surface area contributed by atoms with Crippen molar-refractivity contribution in [3.63, 3.8) is 0 Å². The third-order valence-electron chi connectivity index (χ3n) is 8.42. The molecular formula is C27H37N2+. The van der Waals surface area contributed by atoms with Crippen LogP contribution >= 0.6 is 0 Å². The number of fused-ring (bicyclic) bond motifs is 1. The van der Waals surface area contributed by atoms with E-state index in [1.54, 1.807) is 5.69 Å². The van der Waals surface area contributed by atoms with Crippen LogP contribution in [0.4, 0.5) is 0 Å². The van der Waals surface area contributed by atoms with Crippen LogP contribution in [-0.2, 0) is 5.41 Å². The van der Waals surface area contributed by atoms with Crippen molar-refractivity contribution >= 4 is 6.20 Å². The zero-order valence-corrected chi connectivity index (χ0v) is 18.6. The summed E-state index contributed by atoms with van der Waals surface area (Å²) in [5.74, 6) is 2.99. The van der Waals surface area contributed by atoms with Gasteiger partial charge >= 0.3 is 0 Å². The van der Waals surface area contributed by atoms with Crippen LogP contribution in [0.3, 0.4) is 0 Å². The van der Waals surface area contributed by atoms with Gasteiger partial charge in [-0.15, -0.1) is 0 Å². The smallest absolute Gasteiger partial charge is 0.203 e. The normalized spacial score (nSPS) is 22.2. The number of benzene rings is 1. The number of aryl methyl sites for hydroxylation is 1. The van der Waals surface area contributed by atoms with Gasteiger partial charge in [0.1, 0.15) is 11.4 Å². The Hall–Kier alpha value is -1.83. The third-order valence-corrected chi connectivity index (χ3v) is 8.42. The molecule has 0 saturated heterocycles. The summed E-state index contributed by atoms with van der Waals surface area (Å²) in [7, 11) is 0. The van der Waals surface area contributed by atoms with E-state index in [1.807, 2.05) is 0 Å². The molecule has 0 unspecified atom stereocenters. The summed E-state index contributed by atoms with van der Waals surface area (Å²) in [6, 6.07) is 8.87. The van der Waals surface area contributed by atoms with Gasteiger partial charge in [0.25, 0.3) is 5.82 Å². The lowest BCUT2D eigenvalue weighted by atomic mass is 9.57. The van der Waals surface area contributed by atoms with Crippen molar-refractivity contribution < 1.29 is 4.57 Å². The van der Waals surface area contributed by atoms with Gasteiger partial charge in [-0.3, -0.25) is 0 Å². The minimum Gasteiger partial charge on any atom is -0.203 e. The molecule has 2 heterocycles. The number of rotatable bonds is 3. The van der Waals surface area contributed by atoms with E-state index in [9.17, 15) is 0 Å². The molecule has 1 aromatic heterocycles. The van der Waals surface area contributed by atoms with E-state index in [0.29, 0.717) is 0 Å². The lowest BCUT2D eigenvalue weighted by Crippen LogP contribution is -2.46. The third kappa shape index (κ3) is 2.86. The van der Waals surface area contributed by atoms with Crippen molar-refractivity contribution in [3.05, 3.63) is 53.1 Å². The van der Waals surface area contributed by atoms with E-state index in [4.69, 9.17) is 0 Å². The molecule has 3 aliphatic rings. The van der Waals surface area contributed by atoms with Gasteiger partial charge in [-0.25, -0.2) is 4.57 Å². The second-order valence-corrected chi connectivity index (χ2v) is 9.89. The van der Waals surface area contributed by atoms with Crippen LogP contribution in [-0.4, -0.2) is 4.57 Å². The van der Waals surface area contributed by atoms with Gasteiger partial charge in [0.2, 0.25) is 0 Å². The highest BCUT2D eigenvalue weighted by molar-refractivity contribution is 5.47. The van der Waals surface area contributed by atoms with Crippen molar-refractivity contribution in [2.45, 2.75) is 90.4 Å². The number of allylic oxidation sites excluding steroid dienone is 1. The number of para-hydroxylation sites is 1. The van der Waals surface area contributed by atoms with Gasteiger partial charge < -0.3 is 0 Å². The predicted octanol–water partition coefficient (Wildman–Crippen LogP) is 6.57. The minimum absolute atomic E-state index is 0.254. The fraction of sp³-hybridized carbons (Fsp3) is 0.593. The van der Waals surface area contributed by atoms with Crippen molar-refractivity contribution in [1.82, 2.24) is 4.57 Å². The van der Waals surface area contributed by atoms with E-state index in [2.05, 4.69) is 66.4 Å². The number of imidazole rings is 1. The Kier molecular flexibility index (Phi) is 4.92. The molecule has 2 saturated carbocycles. The summed E-state index contributed by atoms with van der Waals surface area (Å²) in [6.07, 6.45) is 19.3. The van der Waals surface area contributed by atoms with E-state index in [-0.39, 0.29) is 5.41 Å². The van der Waals surface area contributed by atoms with Crippen LogP contribution in [0, 0.1) is 32.6 Å². The summed E-state index contributed by atoms with van der Waals surface area (Å²) in [5.41, 5.74) is 6.05. The standard InChI is InChI=1S/C27H37N2/c1-20-12-10-11-17-25(20)29-21(2)26-27(18-19-28(26)22(29)3,23-13-6-4-7-14-23)24-15-8-5-9-16-24/h10-12,17-19,23-24H,4-9,13-16H2,1-3H3/q+1. The zero-order valence-electron chi connectivity index (χ0n) is 18.6. The molecule has 29 heavy (non-hydrogen) atoms. The van der Waals surface area contributed by atoms with Crippen molar-refractivity contribution in [2.75, 3.05) is 0 Å². The highest BCUT2D eigenvalue weighted by Crippen LogP contribution is 2.53. The summed E-state index contributed by atoms with van der Waals surface area (Å²) in [5, 5.41) is 0. The maximum atomic E-state index is 2.66. The molecule has 154 valence electrons. The average molecular weight is 390 g/mol. The molecule has 0 spiro atoms. The fourth-order valence-corrected chi connectivity index (χ4v) is 7.10. The molecule has 1 aliphatic heterocycles. The first kappa shape index (κ1) is 19.2. The van der Waals surface area contributed by atoms with Crippen molar-refractivity contribution in [3.8, 4) is 5.69 Å². The second-order valence-electron chi connectivity index (χ2n) is 9.89. The quantitative estimate of drug-likeness (QED) is 0.525. The molecule has 5 rings (SSSR count). The lowest BCUT2D eigenvalue weighted by Gasteiger charge is -2.44. The minimum atomic E-state index is 0.254. The van der Waals surface area contributed by atoms with Crippen LogP contribution in [0.25, 0.3) is 11.9 Å². The predicted molar refractivity (Wildman–Crippen MR) is 120 cm³/mol. The van der Waals surface area contributed by atoms with Gasteiger partial charge in [0, 0.05) is 13.8 Å². The summed E-state index contributed by atoms with van der Waals surface area (Å²) >= 11 is 0. The molecule has 2 fully saturated rings. The Morgan fingerprint density at radius 1 is 0.828 bits per heavy atom. The van der Waals surface area contributed by atoms with Crippen LogP contribution in [0.2, 0.25) is 0 Å². The Morgan fingerprint density at radius 2 is 1.41 bits per heavy atom. The van der Waals surface area contributed by atoms with Gasteiger partial charge in [-0.1, -0.05) is 56.7 Å². The Morgan fingerprint density at radius 3 is 2.00 bits per heavy atom. The molecular weight excluding hydrogens is 352 g/mol. The molecule has 2 nitrogen and oxygen atoms in total. The van der Waals surface area contributed by atoms with Gasteiger partial charge in [-0.2, -0.15) is 4.57 Å². The van der Waals surface area contributed by atoms with Crippen molar-refractivity contribution in [1.29, 1.82) is 0 Å². The number of aromatic nitrogens is 2. The summed E-state index contributed by atoms with van der Waals surface area (Å²) < 4.78 is 5.10. The first-order chi connectivity index (χ1) is 14.1.